The first kappa shape index (κ1) is 46.7. The monoisotopic (exact) mass is 840 g/mol. The van der Waals surface area contributed by atoms with Crippen LogP contribution in [0.5, 0.6) is 0 Å². The maximum absolute atomic E-state index is 12.7. The van der Waals surface area contributed by atoms with E-state index in [9.17, 15) is 43.1 Å². The molecule has 0 spiro atoms. The minimum atomic E-state index is -0.853. The molecular formula is C39H57FN12O8. The van der Waals surface area contributed by atoms with E-state index < -0.39 is 6.17 Å². The van der Waals surface area contributed by atoms with E-state index in [1.807, 2.05) is 0 Å². The van der Waals surface area contributed by atoms with Crippen LogP contribution in [0, 0.1) is 0 Å². The Balaban J connectivity index is 0.000000198. The molecule has 2 unspecified atom stereocenters. The van der Waals surface area contributed by atoms with Crippen LogP contribution in [0.4, 0.5) is 4.39 Å². The first-order valence-corrected chi connectivity index (χ1v) is 19.9. The number of ketones is 1. The van der Waals surface area contributed by atoms with Crippen molar-refractivity contribution < 1.29 is 14.3 Å². The molecule has 2 atom stereocenters. The van der Waals surface area contributed by atoms with Crippen molar-refractivity contribution in [2.24, 2.45) is 42.3 Å². The molecule has 6 aromatic rings. The number of aromatic nitrogens is 12. The number of imidazole rings is 3. The molecule has 0 aliphatic carbocycles. The quantitative estimate of drug-likeness (QED) is 0.144. The second kappa shape index (κ2) is 20.3. The van der Waals surface area contributed by atoms with Crippen LogP contribution in [0.15, 0.2) is 47.7 Å². The van der Waals surface area contributed by atoms with Gasteiger partial charge in [-0.2, -0.15) is 0 Å². The van der Waals surface area contributed by atoms with E-state index >= 15 is 0 Å². The number of aliphatic hydroxyl groups is 1. The Labute approximate surface area is 343 Å². The number of Topliss-reactive ketones (excluding diaryl/α,β-unsaturated/α-hetero) is 1. The van der Waals surface area contributed by atoms with Crippen molar-refractivity contribution in [2.45, 2.75) is 110 Å². The second-order valence-electron chi connectivity index (χ2n) is 15.3. The number of aryl methyl sites for hydroxylation is 6. The van der Waals surface area contributed by atoms with Crippen molar-refractivity contribution in [3.63, 3.8) is 0 Å². The molecule has 60 heavy (non-hydrogen) atoms. The number of alkyl halides is 1. The van der Waals surface area contributed by atoms with Gasteiger partial charge in [0.25, 0.3) is 16.7 Å². The maximum atomic E-state index is 12.7. The summed E-state index contributed by atoms with van der Waals surface area (Å²) in [6.45, 7) is 5.76. The summed E-state index contributed by atoms with van der Waals surface area (Å²) in [4.78, 5) is 96.6. The smallest absolute Gasteiger partial charge is 0.332 e. The van der Waals surface area contributed by atoms with Crippen molar-refractivity contribution in [3.05, 3.63) is 81.5 Å². The minimum absolute atomic E-state index is 0.118. The summed E-state index contributed by atoms with van der Waals surface area (Å²) in [5.74, 6) is 0.118. The van der Waals surface area contributed by atoms with Crippen LogP contribution >= 0.6 is 0 Å². The van der Waals surface area contributed by atoms with E-state index in [0.717, 1.165) is 6.42 Å². The fourth-order valence-electron chi connectivity index (χ4n) is 6.83. The predicted molar refractivity (Wildman–Crippen MR) is 225 cm³/mol. The van der Waals surface area contributed by atoms with Gasteiger partial charge in [-0.05, 0) is 72.1 Å². The van der Waals surface area contributed by atoms with E-state index in [0.29, 0.717) is 104 Å². The van der Waals surface area contributed by atoms with E-state index in [2.05, 4.69) is 15.0 Å². The molecule has 6 heterocycles. The van der Waals surface area contributed by atoms with Gasteiger partial charge >= 0.3 is 17.1 Å². The Bertz CT molecular complexity index is 2700. The fraction of sp³-hybridized carbons (Fsp3) is 0.590. The largest absolute Gasteiger partial charge is 0.393 e. The van der Waals surface area contributed by atoms with Crippen molar-refractivity contribution in [1.82, 2.24) is 56.1 Å². The summed E-state index contributed by atoms with van der Waals surface area (Å²) in [6, 6.07) is 0. The summed E-state index contributed by atoms with van der Waals surface area (Å²) in [6.07, 6.45) is 8.96. The SMILES string of the molecule is CC(=O)CCCCn1c(=O)c2c(ncn2C)n(C)c1=O.CC(F)CCCCn1c(=O)c2c(ncn2C)n(C)c1=O.CC(O)CCCCn1c(=O)c2c(ncn2C)n(C)c1=O. The van der Waals surface area contributed by atoms with E-state index in [1.54, 1.807) is 62.9 Å². The molecule has 6 rings (SSSR count). The number of halogens is 1. The average molecular weight is 841 g/mol. The van der Waals surface area contributed by atoms with Gasteiger partial charge in [-0.15, -0.1) is 0 Å². The number of nitrogens with zero attached hydrogens (tertiary/aromatic N) is 12. The van der Waals surface area contributed by atoms with Gasteiger partial charge in [-0.3, -0.25) is 41.8 Å². The molecule has 0 saturated heterocycles. The number of unbranched alkanes of at least 4 members (excludes halogenated alkanes) is 3. The summed E-state index contributed by atoms with van der Waals surface area (Å²) in [7, 11) is 9.99. The van der Waals surface area contributed by atoms with Crippen LogP contribution in [-0.4, -0.2) is 79.2 Å². The second-order valence-corrected chi connectivity index (χ2v) is 15.3. The molecule has 21 heteroatoms. The topological polar surface area (TPSA) is 223 Å². The van der Waals surface area contributed by atoms with E-state index in [4.69, 9.17) is 0 Å². The van der Waals surface area contributed by atoms with E-state index in [1.165, 1.54) is 60.2 Å². The predicted octanol–water partition coefficient (Wildman–Crippen LogP) is 1.14. The molecule has 0 amide bonds. The first-order chi connectivity index (χ1) is 28.3. The van der Waals surface area contributed by atoms with Gasteiger partial charge in [0, 0.05) is 68.3 Å². The molecule has 0 saturated carbocycles. The fourth-order valence-corrected chi connectivity index (χ4v) is 6.83. The average Bonchev–Trinajstić information content (AvgIpc) is 3.90. The van der Waals surface area contributed by atoms with Crippen LogP contribution in [-0.2, 0) is 66.7 Å². The van der Waals surface area contributed by atoms with Crippen LogP contribution in [0.2, 0.25) is 0 Å². The van der Waals surface area contributed by atoms with Crippen LogP contribution in [0.3, 0.4) is 0 Å². The Morgan fingerprint density at radius 2 is 0.883 bits per heavy atom. The zero-order valence-corrected chi connectivity index (χ0v) is 35.9. The third-order valence-corrected chi connectivity index (χ3v) is 10.3. The standard InChI is InChI=1S/C13H19FN4O2.C13H20N4O3.C13H18N4O3/c1-9(14)6-4-5-7-18-12(19)10-11(15-8-16(10)2)17(3)13(18)20;2*1-9(18)6-4-5-7-17-12(19)10-11(14-8-15(10)2)16(3)13(17)20/h8-9H,4-7H2,1-3H3;8-9,18H,4-7H2,1-3H3;8H,4-7H2,1-3H3. The highest BCUT2D eigenvalue weighted by molar-refractivity contribution is 5.75. The summed E-state index contributed by atoms with van der Waals surface area (Å²) in [5, 5.41) is 9.21. The highest BCUT2D eigenvalue weighted by Crippen LogP contribution is 2.08. The lowest BCUT2D eigenvalue weighted by molar-refractivity contribution is -0.117. The third kappa shape index (κ3) is 10.4. The zero-order valence-electron chi connectivity index (χ0n) is 35.9. The number of fused-ring (bicyclic) bond motifs is 3. The van der Waals surface area contributed by atoms with Gasteiger partial charge in [0.2, 0.25) is 0 Å². The van der Waals surface area contributed by atoms with Gasteiger partial charge in [0.15, 0.2) is 33.5 Å². The number of rotatable bonds is 15. The summed E-state index contributed by atoms with van der Waals surface area (Å²) < 4.78 is 25.4. The number of hydrogen-bond donors (Lipinski definition) is 1. The molecule has 0 bridgehead atoms. The van der Waals surface area contributed by atoms with Crippen molar-refractivity contribution in [2.75, 3.05) is 0 Å². The number of hydrogen-bond acceptors (Lipinski definition) is 11. The highest BCUT2D eigenvalue weighted by Gasteiger charge is 2.17. The number of carbonyl (C=O) groups is 1. The Hall–Kier alpha value is -5.99. The molecule has 6 aromatic heterocycles. The molecule has 0 aliphatic heterocycles. The molecule has 0 aliphatic rings. The molecule has 0 fully saturated rings. The maximum Gasteiger partial charge on any atom is 0.332 e. The van der Waals surface area contributed by atoms with Crippen molar-refractivity contribution >= 4 is 39.3 Å². The Morgan fingerprint density at radius 3 is 1.18 bits per heavy atom. The molecule has 1 N–H and O–H groups in total. The van der Waals surface area contributed by atoms with Crippen molar-refractivity contribution in [1.29, 1.82) is 0 Å². The van der Waals surface area contributed by atoms with Crippen molar-refractivity contribution in [3.8, 4) is 0 Å². The number of carbonyl (C=O) groups excluding carboxylic acids is 1. The molecular weight excluding hydrogens is 784 g/mol. The minimum Gasteiger partial charge on any atom is -0.393 e. The van der Waals surface area contributed by atoms with Gasteiger partial charge in [-0.1, -0.05) is 0 Å². The molecule has 0 radical (unpaired) electrons. The van der Waals surface area contributed by atoms with E-state index in [-0.39, 0.29) is 45.6 Å². The lowest BCUT2D eigenvalue weighted by atomic mass is 10.2. The summed E-state index contributed by atoms with van der Waals surface area (Å²) >= 11 is 0. The lowest BCUT2D eigenvalue weighted by Gasteiger charge is -2.09. The van der Waals surface area contributed by atoms with Crippen LogP contribution < -0.4 is 33.7 Å². The third-order valence-electron chi connectivity index (χ3n) is 10.3. The lowest BCUT2D eigenvalue weighted by Crippen LogP contribution is -2.39. The van der Waals surface area contributed by atoms with Crippen LogP contribution in [0.25, 0.3) is 33.5 Å². The molecule has 20 nitrogen and oxygen atoms in total. The zero-order chi connectivity index (χ0) is 44.6. The Morgan fingerprint density at radius 1 is 0.567 bits per heavy atom. The first-order valence-electron chi connectivity index (χ1n) is 19.9. The number of aliphatic hydroxyl groups excluding tert-OH is 1. The van der Waals surface area contributed by atoms with Gasteiger partial charge in [0.1, 0.15) is 5.78 Å². The van der Waals surface area contributed by atoms with Gasteiger partial charge in [0.05, 0.1) is 31.3 Å². The highest BCUT2D eigenvalue weighted by atomic mass is 19.1. The molecule has 0 aromatic carbocycles. The molecule has 328 valence electrons. The Kier molecular flexibility index (Phi) is 15.8. The van der Waals surface area contributed by atoms with Crippen LogP contribution in [0.1, 0.15) is 78.6 Å². The summed E-state index contributed by atoms with van der Waals surface area (Å²) in [5.41, 5.74) is 0.368. The van der Waals surface area contributed by atoms with Gasteiger partial charge < -0.3 is 23.6 Å². The normalized spacial score (nSPS) is 12.4. The van der Waals surface area contributed by atoms with Gasteiger partial charge in [-0.25, -0.2) is 33.7 Å².